The van der Waals surface area contributed by atoms with Gasteiger partial charge in [-0.15, -0.1) is 0 Å². The van der Waals surface area contributed by atoms with Crippen LogP contribution in [0.25, 0.3) is 0 Å². The van der Waals surface area contributed by atoms with E-state index in [4.69, 9.17) is 9.47 Å². The summed E-state index contributed by atoms with van der Waals surface area (Å²) in [5.41, 5.74) is 1.12. The maximum absolute atomic E-state index is 12.3. The van der Waals surface area contributed by atoms with E-state index in [0.29, 0.717) is 5.75 Å². The summed E-state index contributed by atoms with van der Waals surface area (Å²) in [6, 6.07) is 8.23. The van der Waals surface area contributed by atoms with Crippen LogP contribution in [0.3, 0.4) is 0 Å². The Morgan fingerprint density at radius 3 is 2.42 bits per heavy atom. The highest BCUT2D eigenvalue weighted by molar-refractivity contribution is 7.92. The maximum atomic E-state index is 12.3. The predicted molar refractivity (Wildman–Crippen MR) is 97.8 cm³/mol. The van der Waals surface area contributed by atoms with Gasteiger partial charge in [-0.1, -0.05) is 0 Å². The van der Waals surface area contributed by atoms with E-state index in [1.807, 2.05) is 0 Å². The normalized spacial score (nSPS) is 10.9. The molecular weight excluding hydrogens is 358 g/mol. The molecule has 2 rings (SSSR count). The van der Waals surface area contributed by atoms with Crippen molar-refractivity contribution in [2.75, 3.05) is 31.3 Å². The highest BCUT2D eigenvalue weighted by atomic mass is 32.2. The standard InChI is InChI=1S/C17H21N3O5S/c1-24-14-4-5-15(16(10-14)25-2)20(26(3,22)23)12-17(21)19-11-13-6-8-18-9-7-13/h4-10H,11-12H2,1-3H3,(H,19,21). The summed E-state index contributed by atoms with van der Waals surface area (Å²) in [5, 5.41) is 2.69. The Bertz CT molecular complexity index is 856. The number of hydrogen-bond donors (Lipinski definition) is 1. The lowest BCUT2D eigenvalue weighted by Gasteiger charge is -2.24. The van der Waals surface area contributed by atoms with E-state index in [-0.39, 0.29) is 24.5 Å². The van der Waals surface area contributed by atoms with Crippen molar-refractivity contribution < 1.29 is 22.7 Å². The highest BCUT2D eigenvalue weighted by Crippen LogP contribution is 2.33. The quantitative estimate of drug-likeness (QED) is 0.740. The molecule has 0 atom stereocenters. The zero-order chi connectivity index (χ0) is 19.2. The number of pyridine rings is 1. The molecule has 1 aromatic heterocycles. The van der Waals surface area contributed by atoms with E-state index in [2.05, 4.69) is 10.3 Å². The summed E-state index contributed by atoms with van der Waals surface area (Å²) in [6.45, 7) is -0.0920. The first-order valence-electron chi connectivity index (χ1n) is 7.70. The van der Waals surface area contributed by atoms with E-state index in [0.717, 1.165) is 16.1 Å². The predicted octanol–water partition coefficient (Wildman–Crippen LogP) is 1.18. The molecule has 0 bridgehead atoms. The van der Waals surface area contributed by atoms with Crippen LogP contribution in [0, 0.1) is 0 Å². The molecule has 0 saturated heterocycles. The van der Waals surface area contributed by atoms with Gasteiger partial charge >= 0.3 is 0 Å². The molecule has 1 amide bonds. The number of nitrogens with one attached hydrogen (secondary N) is 1. The molecule has 0 radical (unpaired) electrons. The molecule has 0 aliphatic rings. The van der Waals surface area contributed by atoms with Gasteiger partial charge in [-0.2, -0.15) is 0 Å². The largest absolute Gasteiger partial charge is 0.497 e. The molecule has 0 spiro atoms. The molecule has 9 heteroatoms. The number of ether oxygens (including phenoxy) is 2. The van der Waals surface area contributed by atoms with Crippen LogP contribution < -0.4 is 19.1 Å². The van der Waals surface area contributed by atoms with Crippen LogP contribution in [-0.4, -0.2) is 46.3 Å². The molecule has 140 valence electrons. The molecule has 0 aliphatic carbocycles. The SMILES string of the molecule is COc1ccc(N(CC(=O)NCc2ccncc2)S(C)(=O)=O)c(OC)c1. The third-order valence-corrected chi connectivity index (χ3v) is 4.71. The van der Waals surface area contributed by atoms with Gasteiger partial charge in [0.2, 0.25) is 15.9 Å². The Labute approximate surface area is 152 Å². The van der Waals surface area contributed by atoms with Gasteiger partial charge in [0.1, 0.15) is 18.0 Å². The van der Waals surface area contributed by atoms with Crippen molar-refractivity contribution in [3.63, 3.8) is 0 Å². The van der Waals surface area contributed by atoms with Gasteiger partial charge in [0.15, 0.2) is 0 Å². The molecule has 1 N–H and O–H groups in total. The van der Waals surface area contributed by atoms with E-state index in [1.54, 1.807) is 36.7 Å². The average molecular weight is 379 g/mol. The van der Waals surface area contributed by atoms with E-state index >= 15 is 0 Å². The Balaban J connectivity index is 2.19. The molecule has 26 heavy (non-hydrogen) atoms. The topological polar surface area (TPSA) is 97.8 Å². The molecular formula is C17H21N3O5S. The number of rotatable bonds is 8. The van der Waals surface area contributed by atoms with Crippen LogP contribution in [0.4, 0.5) is 5.69 Å². The number of carbonyl (C=O) groups is 1. The van der Waals surface area contributed by atoms with E-state index in [1.165, 1.54) is 20.3 Å². The number of hydrogen-bond acceptors (Lipinski definition) is 6. The summed E-state index contributed by atoms with van der Waals surface area (Å²) in [7, 11) is -0.792. The second-order valence-corrected chi connectivity index (χ2v) is 7.35. The lowest BCUT2D eigenvalue weighted by molar-refractivity contribution is -0.119. The Morgan fingerprint density at radius 2 is 1.85 bits per heavy atom. The molecule has 0 aliphatic heterocycles. The number of aromatic nitrogens is 1. The fourth-order valence-corrected chi connectivity index (χ4v) is 3.12. The lowest BCUT2D eigenvalue weighted by Crippen LogP contribution is -2.40. The smallest absolute Gasteiger partial charge is 0.241 e. The molecule has 8 nitrogen and oxygen atoms in total. The molecule has 1 aromatic carbocycles. The number of nitrogens with zero attached hydrogens (tertiary/aromatic N) is 2. The van der Waals surface area contributed by atoms with Crippen LogP contribution in [-0.2, 0) is 21.4 Å². The third-order valence-electron chi connectivity index (χ3n) is 3.58. The summed E-state index contributed by atoms with van der Waals surface area (Å²) in [6.07, 6.45) is 4.27. The van der Waals surface area contributed by atoms with Crippen LogP contribution in [0.1, 0.15) is 5.56 Å². The van der Waals surface area contributed by atoms with Gasteiger partial charge < -0.3 is 14.8 Å². The average Bonchev–Trinajstić information content (AvgIpc) is 2.64. The fourth-order valence-electron chi connectivity index (χ4n) is 2.26. The summed E-state index contributed by atoms with van der Waals surface area (Å²) >= 11 is 0. The fraction of sp³-hybridized carbons (Fsp3) is 0.294. The first-order valence-corrected chi connectivity index (χ1v) is 9.55. The number of carbonyl (C=O) groups excluding carboxylic acids is 1. The Kier molecular flexibility index (Phi) is 6.40. The van der Waals surface area contributed by atoms with Gasteiger partial charge in [0.05, 0.1) is 26.2 Å². The summed E-state index contributed by atoms with van der Waals surface area (Å²) in [4.78, 5) is 16.2. The number of anilines is 1. The zero-order valence-electron chi connectivity index (χ0n) is 14.8. The summed E-state index contributed by atoms with van der Waals surface area (Å²) in [5.74, 6) is 0.364. The minimum absolute atomic E-state index is 0.259. The number of sulfonamides is 1. The van der Waals surface area contributed by atoms with Crippen LogP contribution in [0.5, 0.6) is 11.5 Å². The lowest BCUT2D eigenvalue weighted by atomic mass is 10.2. The third kappa shape index (κ3) is 5.09. The molecule has 2 aromatic rings. The van der Waals surface area contributed by atoms with Gasteiger partial charge in [0, 0.05) is 25.0 Å². The van der Waals surface area contributed by atoms with Crippen molar-refractivity contribution >= 4 is 21.6 Å². The van der Waals surface area contributed by atoms with Crippen LogP contribution >= 0.6 is 0 Å². The molecule has 0 fully saturated rings. The summed E-state index contributed by atoms with van der Waals surface area (Å²) < 4.78 is 35.8. The van der Waals surface area contributed by atoms with E-state index in [9.17, 15) is 13.2 Å². The zero-order valence-corrected chi connectivity index (χ0v) is 15.6. The molecule has 0 saturated carbocycles. The second kappa shape index (κ2) is 8.52. The van der Waals surface area contributed by atoms with Crippen molar-refractivity contribution in [1.29, 1.82) is 0 Å². The van der Waals surface area contributed by atoms with E-state index < -0.39 is 15.9 Å². The van der Waals surface area contributed by atoms with Gasteiger partial charge in [0.25, 0.3) is 0 Å². The Morgan fingerprint density at radius 1 is 1.15 bits per heavy atom. The first-order chi connectivity index (χ1) is 12.3. The van der Waals surface area contributed by atoms with Gasteiger partial charge in [-0.05, 0) is 29.8 Å². The van der Waals surface area contributed by atoms with Crippen molar-refractivity contribution in [2.24, 2.45) is 0 Å². The monoisotopic (exact) mass is 379 g/mol. The van der Waals surface area contributed by atoms with Crippen molar-refractivity contribution in [3.8, 4) is 11.5 Å². The highest BCUT2D eigenvalue weighted by Gasteiger charge is 2.24. The number of amides is 1. The van der Waals surface area contributed by atoms with Crippen molar-refractivity contribution in [3.05, 3.63) is 48.3 Å². The minimum atomic E-state index is -3.71. The molecule has 0 unspecified atom stereocenters. The minimum Gasteiger partial charge on any atom is -0.497 e. The first kappa shape index (κ1) is 19.5. The Hall–Kier alpha value is -2.81. The van der Waals surface area contributed by atoms with Crippen LogP contribution in [0.2, 0.25) is 0 Å². The van der Waals surface area contributed by atoms with Gasteiger partial charge in [-0.3, -0.25) is 14.1 Å². The number of methoxy groups -OCH3 is 2. The second-order valence-electron chi connectivity index (χ2n) is 5.44. The number of benzene rings is 1. The van der Waals surface area contributed by atoms with Crippen molar-refractivity contribution in [1.82, 2.24) is 10.3 Å². The molecule has 1 heterocycles. The van der Waals surface area contributed by atoms with Crippen molar-refractivity contribution in [2.45, 2.75) is 6.54 Å². The van der Waals surface area contributed by atoms with Crippen LogP contribution in [0.15, 0.2) is 42.7 Å². The van der Waals surface area contributed by atoms with Gasteiger partial charge in [-0.25, -0.2) is 8.42 Å². The maximum Gasteiger partial charge on any atom is 0.241 e.